The summed E-state index contributed by atoms with van der Waals surface area (Å²) in [6, 6.07) is 6.43. The van der Waals surface area contributed by atoms with Gasteiger partial charge in [-0.15, -0.1) is 0 Å². The van der Waals surface area contributed by atoms with Crippen molar-refractivity contribution in [3.05, 3.63) is 47.3 Å². The first-order valence-electron chi connectivity index (χ1n) is 7.14. The van der Waals surface area contributed by atoms with Gasteiger partial charge in [0.05, 0.1) is 0 Å². The van der Waals surface area contributed by atoms with Crippen LogP contribution >= 0.6 is 11.8 Å². The molecule has 0 atom stereocenters. The monoisotopic (exact) mass is 301 g/mol. The molecule has 0 unspecified atom stereocenters. The van der Waals surface area contributed by atoms with E-state index in [1.54, 1.807) is 11.8 Å². The second-order valence-corrected chi connectivity index (χ2v) is 7.37. The Hall–Kier alpha value is -1.39. The SMILES string of the molecule is Cc1ccc(Sc2ncc(CNC(C)(C)C)cn2)cc1C. The van der Waals surface area contributed by atoms with Crippen LogP contribution in [-0.2, 0) is 6.54 Å². The summed E-state index contributed by atoms with van der Waals surface area (Å²) in [6.07, 6.45) is 3.80. The Balaban J connectivity index is 2.00. The Bertz CT molecular complexity index is 600. The van der Waals surface area contributed by atoms with Crippen molar-refractivity contribution >= 4 is 11.8 Å². The zero-order chi connectivity index (χ0) is 15.5. The quantitative estimate of drug-likeness (QED) is 0.862. The summed E-state index contributed by atoms with van der Waals surface area (Å²) in [6.45, 7) is 11.5. The summed E-state index contributed by atoms with van der Waals surface area (Å²) in [5.41, 5.74) is 3.82. The maximum absolute atomic E-state index is 4.44. The minimum atomic E-state index is 0.104. The van der Waals surface area contributed by atoms with E-state index in [-0.39, 0.29) is 5.54 Å². The third-order valence-corrected chi connectivity index (χ3v) is 4.08. The number of aromatic nitrogens is 2. The average Bonchev–Trinajstić information content (AvgIpc) is 2.41. The molecule has 0 aliphatic heterocycles. The van der Waals surface area contributed by atoms with Gasteiger partial charge in [0.25, 0.3) is 0 Å². The van der Waals surface area contributed by atoms with Gasteiger partial charge in [0, 0.05) is 34.9 Å². The van der Waals surface area contributed by atoms with Crippen molar-refractivity contribution < 1.29 is 0 Å². The van der Waals surface area contributed by atoms with Crippen LogP contribution in [0.4, 0.5) is 0 Å². The first-order valence-corrected chi connectivity index (χ1v) is 7.96. The second-order valence-electron chi connectivity index (χ2n) is 6.33. The van der Waals surface area contributed by atoms with Gasteiger partial charge in [-0.25, -0.2) is 9.97 Å². The number of nitrogens with zero attached hydrogens (tertiary/aromatic N) is 2. The van der Waals surface area contributed by atoms with Crippen LogP contribution in [0.1, 0.15) is 37.5 Å². The van der Waals surface area contributed by atoms with Crippen molar-refractivity contribution in [3.8, 4) is 0 Å². The minimum Gasteiger partial charge on any atom is -0.308 e. The second kappa shape index (κ2) is 6.58. The van der Waals surface area contributed by atoms with E-state index in [1.807, 2.05) is 12.4 Å². The molecule has 0 aliphatic carbocycles. The molecule has 3 nitrogen and oxygen atoms in total. The van der Waals surface area contributed by atoms with Gasteiger partial charge in [0.15, 0.2) is 5.16 Å². The van der Waals surface area contributed by atoms with Crippen LogP contribution in [-0.4, -0.2) is 15.5 Å². The van der Waals surface area contributed by atoms with E-state index in [0.717, 1.165) is 17.3 Å². The molecule has 1 aromatic heterocycles. The van der Waals surface area contributed by atoms with Crippen molar-refractivity contribution in [2.75, 3.05) is 0 Å². The van der Waals surface area contributed by atoms with E-state index in [1.165, 1.54) is 16.0 Å². The lowest BCUT2D eigenvalue weighted by Crippen LogP contribution is -2.35. The smallest absolute Gasteiger partial charge is 0.192 e. The van der Waals surface area contributed by atoms with E-state index in [4.69, 9.17) is 0 Å². The molecule has 0 bridgehead atoms. The molecule has 1 N–H and O–H groups in total. The standard InChI is InChI=1S/C17H23N3S/c1-12-6-7-15(8-13(12)2)21-16-18-9-14(10-19-16)11-20-17(3,4)5/h6-10,20H,11H2,1-5H3. The van der Waals surface area contributed by atoms with Crippen LogP contribution in [0, 0.1) is 13.8 Å². The van der Waals surface area contributed by atoms with Crippen LogP contribution in [0.2, 0.25) is 0 Å². The van der Waals surface area contributed by atoms with Gasteiger partial charge in [-0.2, -0.15) is 0 Å². The highest BCUT2D eigenvalue weighted by Gasteiger charge is 2.09. The third-order valence-electron chi connectivity index (χ3n) is 3.19. The number of hydrogen-bond acceptors (Lipinski definition) is 4. The predicted octanol–water partition coefficient (Wildman–Crippen LogP) is 4.13. The Morgan fingerprint density at radius 3 is 2.29 bits per heavy atom. The molecule has 0 saturated carbocycles. The predicted molar refractivity (Wildman–Crippen MR) is 88.7 cm³/mol. The molecule has 0 fully saturated rings. The molecule has 2 rings (SSSR count). The molecule has 0 spiro atoms. The Labute approximate surface area is 131 Å². The van der Waals surface area contributed by atoms with Crippen molar-refractivity contribution in [1.29, 1.82) is 0 Å². The molecular formula is C17H23N3S. The molecule has 1 aromatic carbocycles. The number of benzene rings is 1. The topological polar surface area (TPSA) is 37.8 Å². The fourth-order valence-electron chi connectivity index (χ4n) is 1.74. The lowest BCUT2D eigenvalue weighted by atomic mass is 10.1. The maximum Gasteiger partial charge on any atom is 0.192 e. The Morgan fingerprint density at radius 1 is 1.05 bits per heavy atom. The van der Waals surface area contributed by atoms with Gasteiger partial charge >= 0.3 is 0 Å². The molecule has 21 heavy (non-hydrogen) atoms. The van der Waals surface area contributed by atoms with Crippen molar-refractivity contribution in [1.82, 2.24) is 15.3 Å². The molecule has 0 aliphatic rings. The van der Waals surface area contributed by atoms with E-state index in [2.05, 4.69) is 68.1 Å². The number of aryl methyl sites for hydroxylation is 2. The van der Waals surface area contributed by atoms with Gasteiger partial charge in [-0.3, -0.25) is 0 Å². The zero-order valence-electron chi connectivity index (χ0n) is 13.4. The van der Waals surface area contributed by atoms with Crippen LogP contribution in [0.25, 0.3) is 0 Å². The summed E-state index contributed by atoms with van der Waals surface area (Å²) in [5, 5.41) is 4.22. The third kappa shape index (κ3) is 5.14. The normalized spacial score (nSPS) is 11.7. The molecule has 112 valence electrons. The van der Waals surface area contributed by atoms with E-state index in [9.17, 15) is 0 Å². The zero-order valence-corrected chi connectivity index (χ0v) is 14.2. The van der Waals surface area contributed by atoms with Crippen LogP contribution in [0.3, 0.4) is 0 Å². The highest BCUT2D eigenvalue weighted by molar-refractivity contribution is 7.99. The molecule has 1 heterocycles. The van der Waals surface area contributed by atoms with Crippen LogP contribution in [0.5, 0.6) is 0 Å². The molecule has 2 aromatic rings. The van der Waals surface area contributed by atoms with Crippen molar-refractivity contribution in [3.63, 3.8) is 0 Å². The van der Waals surface area contributed by atoms with Gasteiger partial charge in [-0.05, 0) is 69.6 Å². The van der Waals surface area contributed by atoms with E-state index in [0.29, 0.717) is 0 Å². The lowest BCUT2D eigenvalue weighted by molar-refractivity contribution is 0.423. The van der Waals surface area contributed by atoms with Crippen molar-refractivity contribution in [2.24, 2.45) is 0 Å². The van der Waals surface area contributed by atoms with Crippen LogP contribution < -0.4 is 5.32 Å². The first kappa shape index (κ1) is 16.0. The summed E-state index contributed by atoms with van der Waals surface area (Å²) < 4.78 is 0. The Kier molecular flexibility index (Phi) is 5.01. The maximum atomic E-state index is 4.44. The van der Waals surface area contributed by atoms with Gasteiger partial charge in [-0.1, -0.05) is 6.07 Å². The van der Waals surface area contributed by atoms with Crippen LogP contribution in [0.15, 0.2) is 40.6 Å². The summed E-state index contributed by atoms with van der Waals surface area (Å²) in [5.74, 6) is 0. The summed E-state index contributed by atoms with van der Waals surface area (Å²) >= 11 is 1.60. The van der Waals surface area contributed by atoms with Gasteiger partial charge in [0.1, 0.15) is 0 Å². The largest absolute Gasteiger partial charge is 0.308 e. The lowest BCUT2D eigenvalue weighted by Gasteiger charge is -2.20. The molecule has 4 heteroatoms. The molecule has 0 radical (unpaired) electrons. The number of rotatable bonds is 4. The number of nitrogens with one attached hydrogen (secondary N) is 1. The fraction of sp³-hybridized carbons (Fsp3) is 0.412. The Morgan fingerprint density at radius 2 is 1.71 bits per heavy atom. The number of hydrogen-bond donors (Lipinski definition) is 1. The van der Waals surface area contributed by atoms with E-state index < -0.39 is 0 Å². The highest BCUT2D eigenvalue weighted by atomic mass is 32.2. The highest BCUT2D eigenvalue weighted by Crippen LogP contribution is 2.26. The average molecular weight is 301 g/mol. The summed E-state index contributed by atoms with van der Waals surface area (Å²) in [7, 11) is 0. The first-order chi connectivity index (χ1) is 9.83. The van der Waals surface area contributed by atoms with E-state index >= 15 is 0 Å². The van der Waals surface area contributed by atoms with Crippen molar-refractivity contribution in [2.45, 2.75) is 56.8 Å². The summed E-state index contributed by atoms with van der Waals surface area (Å²) in [4.78, 5) is 10.1. The van der Waals surface area contributed by atoms with Gasteiger partial charge in [0.2, 0.25) is 0 Å². The molecule has 0 amide bonds. The fourth-order valence-corrected chi connectivity index (χ4v) is 2.53. The molecular weight excluding hydrogens is 278 g/mol. The van der Waals surface area contributed by atoms with Gasteiger partial charge < -0.3 is 5.32 Å². The molecule has 0 saturated heterocycles. The minimum absolute atomic E-state index is 0.104.